The lowest BCUT2D eigenvalue weighted by Gasteiger charge is -2.16. The van der Waals surface area contributed by atoms with E-state index in [2.05, 4.69) is 5.32 Å². The summed E-state index contributed by atoms with van der Waals surface area (Å²) in [5.41, 5.74) is 4.28. The SMILES string of the molecule is Cc1ccc(C2=C(Nc3ccc(OC(C)C)cc3)C(=O)N(CCOC(C)C)C2=O)cc1C. The van der Waals surface area contributed by atoms with E-state index in [9.17, 15) is 9.59 Å². The molecule has 2 aromatic rings. The van der Waals surface area contributed by atoms with Gasteiger partial charge in [-0.05, 0) is 82.5 Å². The van der Waals surface area contributed by atoms with E-state index in [0.717, 1.165) is 22.4 Å². The highest BCUT2D eigenvalue weighted by Crippen LogP contribution is 2.31. The zero-order valence-electron chi connectivity index (χ0n) is 19.7. The summed E-state index contributed by atoms with van der Waals surface area (Å²) >= 11 is 0. The first-order valence-corrected chi connectivity index (χ1v) is 11.0. The lowest BCUT2D eigenvalue weighted by Crippen LogP contribution is -2.35. The number of hydrogen-bond donors (Lipinski definition) is 1. The number of imide groups is 1. The van der Waals surface area contributed by atoms with Crippen LogP contribution in [-0.4, -0.2) is 42.1 Å². The van der Waals surface area contributed by atoms with Crippen molar-refractivity contribution in [2.24, 2.45) is 0 Å². The van der Waals surface area contributed by atoms with Gasteiger partial charge < -0.3 is 14.8 Å². The number of carbonyl (C=O) groups excluding carboxylic acids is 2. The Kier molecular flexibility index (Phi) is 7.36. The van der Waals surface area contributed by atoms with E-state index in [-0.39, 0.29) is 36.3 Å². The Morgan fingerprint density at radius 1 is 0.875 bits per heavy atom. The maximum Gasteiger partial charge on any atom is 0.278 e. The van der Waals surface area contributed by atoms with Gasteiger partial charge in [0.1, 0.15) is 11.4 Å². The van der Waals surface area contributed by atoms with Crippen molar-refractivity contribution >= 4 is 23.1 Å². The normalized spacial score (nSPS) is 14.2. The van der Waals surface area contributed by atoms with Crippen LogP contribution in [0, 0.1) is 13.8 Å². The number of benzene rings is 2. The summed E-state index contributed by atoms with van der Waals surface area (Å²) in [4.78, 5) is 27.8. The van der Waals surface area contributed by atoms with Crippen LogP contribution in [0.4, 0.5) is 5.69 Å². The zero-order valence-corrected chi connectivity index (χ0v) is 19.7. The van der Waals surface area contributed by atoms with Gasteiger partial charge in [0.05, 0.1) is 30.9 Å². The third-order valence-corrected chi connectivity index (χ3v) is 5.23. The van der Waals surface area contributed by atoms with Crippen LogP contribution < -0.4 is 10.1 Å². The Balaban J connectivity index is 1.94. The first kappa shape index (κ1) is 23.5. The van der Waals surface area contributed by atoms with Crippen LogP contribution in [-0.2, 0) is 14.3 Å². The first-order chi connectivity index (χ1) is 15.2. The Labute approximate surface area is 190 Å². The van der Waals surface area contributed by atoms with E-state index in [1.54, 1.807) is 0 Å². The molecule has 170 valence electrons. The number of carbonyl (C=O) groups is 2. The Bertz CT molecular complexity index is 1020. The molecule has 2 aromatic carbocycles. The van der Waals surface area contributed by atoms with Gasteiger partial charge in [0.2, 0.25) is 0 Å². The molecule has 0 radical (unpaired) electrons. The van der Waals surface area contributed by atoms with Crippen LogP contribution in [0.1, 0.15) is 44.4 Å². The third kappa shape index (κ3) is 5.37. The first-order valence-electron chi connectivity index (χ1n) is 11.0. The summed E-state index contributed by atoms with van der Waals surface area (Å²) in [6.45, 7) is 12.3. The van der Waals surface area contributed by atoms with E-state index >= 15 is 0 Å². The van der Waals surface area contributed by atoms with Gasteiger partial charge in [-0.15, -0.1) is 0 Å². The van der Waals surface area contributed by atoms with Gasteiger partial charge in [0, 0.05) is 5.69 Å². The van der Waals surface area contributed by atoms with Crippen LogP contribution in [0.5, 0.6) is 5.75 Å². The second kappa shape index (κ2) is 10.0. The summed E-state index contributed by atoms with van der Waals surface area (Å²) in [6.07, 6.45) is 0.0997. The molecule has 0 bridgehead atoms. The minimum atomic E-state index is -0.349. The molecule has 0 aromatic heterocycles. The highest BCUT2D eigenvalue weighted by Gasteiger charge is 2.39. The van der Waals surface area contributed by atoms with E-state index < -0.39 is 0 Å². The van der Waals surface area contributed by atoms with Gasteiger partial charge in [-0.3, -0.25) is 14.5 Å². The minimum absolute atomic E-state index is 0.0270. The monoisotopic (exact) mass is 436 g/mol. The minimum Gasteiger partial charge on any atom is -0.491 e. The largest absolute Gasteiger partial charge is 0.491 e. The smallest absolute Gasteiger partial charge is 0.278 e. The van der Waals surface area contributed by atoms with Gasteiger partial charge in [0.25, 0.3) is 11.8 Å². The van der Waals surface area contributed by atoms with Crippen LogP contribution in [0.2, 0.25) is 0 Å². The van der Waals surface area contributed by atoms with Gasteiger partial charge in [-0.25, -0.2) is 0 Å². The van der Waals surface area contributed by atoms with Crippen LogP contribution in [0.15, 0.2) is 48.2 Å². The molecule has 0 saturated carbocycles. The quantitative estimate of drug-likeness (QED) is 0.577. The molecule has 1 heterocycles. The molecule has 0 atom stereocenters. The van der Waals surface area contributed by atoms with Crippen LogP contribution in [0.25, 0.3) is 5.57 Å². The second-order valence-corrected chi connectivity index (χ2v) is 8.55. The fourth-order valence-electron chi connectivity index (χ4n) is 3.47. The van der Waals surface area contributed by atoms with Gasteiger partial charge in [0.15, 0.2) is 0 Å². The van der Waals surface area contributed by atoms with Crippen molar-refractivity contribution in [3.63, 3.8) is 0 Å². The fraction of sp³-hybridized carbons (Fsp3) is 0.385. The van der Waals surface area contributed by atoms with Gasteiger partial charge >= 0.3 is 0 Å². The van der Waals surface area contributed by atoms with Gasteiger partial charge in [-0.2, -0.15) is 0 Å². The average Bonchev–Trinajstić information content (AvgIpc) is 2.95. The zero-order chi connectivity index (χ0) is 23.4. The number of rotatable bonds is 9. The maximum atomic E-state index is 13.3. The Morgan fingerprint density at radius 3 is 2.16 bits per heavy atom. The third-order valence-electron chi connectivity index (χ3n) is 5.23. The fourth-order valence-corrected chi connectivity index (χ4v) is 3.47. The van der Waals surface area contributed by atoms with E-state index in [1.165, 1.54) is 4.90 Å². The Morgan fingerprint density at radius 2 is 1.56 bits per heavy atom. The standard InChI is InChI=1S/C26H32N2O4/c1-16(2)31-14-13-28-25(29)23(20-8-7-18(5)19(6)15-20)24(26(28)30)27-21-9-11-22(12-10-21)32-17(3)4/h7-12,15-17,27H,13-14H2,1-6H3. The van der Waals surface area contributed by atoms with Crippen molar-refractivity contribution in [3.8, 4) is 5.75 Å². The molecule has 3 rings (SSSR count). The van der Waals surface area contributed by atoms with Crippen molar-refractivity contribution < 1.29 is 19.1 Å². The molecule has 0 spiro atoms. The average molecular weight is 437 g/mol. The number of nitrogens with one attached hydrogen (secondary N) is 1. The summed E-state index contributed by atoms with van der Waals surface area (Å²) in [6, 6.07) is 13.2. The molecule has 0 saturated heterocycles. The number of amides is 2. The molecule has 6 heteroatoms. The number of anilines is 1. The molecule has 2 amide bonds. The van der Waals surface area contributed by atoms with Crippen molar-refractivity contribution in [2.45, 2.75) is 53.8 Å². The Hall–Kier alpha value is -3.12. The van der Waals surface area contributed by atoms with Crippen molar-refractivity contribution in [2.75, 3.05) is 18.5 Å². The summed E-state index contributed by atoms with van der Waals surface area (Å²) in [7, 11) is 0. The van der Waals surface area contributed by atoms with Gasteiger partial charge in [-0.1, -0.05) is 18.2 Å². The number of nitrogens with zero attached hydrogens (tertiary/aromatic N) is 1. The molecule has 6 nitrogen and oxygen atoms in total. The second-order valence-electron chi connectivity index (χ2n) is 8.55. The van der Waals surface area contributed by atoms with E-state index in [1.807, 2.05) is 84.0 Å². The maximum absolute atomic E-state index is 13.3. The molecule has 0 unspecified atom stereocenters. The molecular weight excluding hydrogens is 404 g/mol. The topological polar surface area (TPSA) is 67.9 Å². The highest BCUT2D eigenvalue weighted by atomic mass is 16.5. The highest BCUT2D eigenvalue weighted by molar-refractivity contribution is 6.36. The molecule has 32 heavy (non-hydrogen) atoms. The summed E-state index contributed by atoms with van der Waals surface area (Å²) < 4.78 is 11.3. The number of aryl methyl sites for hydroxylation is 2. The number of ether oxygens (including phenoxy) is 2. The van der Waals surface area contributed by atoms with Crippen molar-refractivity contribution in [3.05, 3.63) is 64.9 Å². The molecule has 0 aliphatic carbocycles. The summed E-state index contributed by atoms with van der Waals surface area (Å²) in [5, 5.41) is 3.18. The van der Waals surface area contributed by atoms with Crippen molar-refractivity contribution in [1.29, 1.82) is 0 Å². The van der Waals surface area contributed by atoms with Crippen molar-refractivity contribution in [1.82, 2.24) is 4.90 Å². The van der Waals surface area contributed by atoms with Crippen LogP contribution in [0.3, 0.4) is 0 Å². The number of hydrogen-bond acceptors (Lipinski definition) is 5. The lowest BCUT2D eigenvalue weighted by molar-refractivity contribution is -0.137. The molecule has 1 aliphatic rings. The lowest BCUT2D eigenvalue weighted by atomic mass is 9.99. The predicted molar refractivity (Wildman–Crippen MR) is 126 cm³/mol. The predicted octanol–water partition coefficient (Wildman–Crippen LogP) is 4.71. The van der Waals surface area contributed by atoms with E-state index in [4.69, 9.17) is 9.47 Å². The van der Waals surface area contributed by atoms with Crippen LogP contribution >= 0.6 is 0 Å². The summed E-state index contributed by atoms with van der Waals surface area (Å²) in [5.74, 6) is 0.0844. The molecule has 1 aliphatic heterocycles. The molecule has 1 N–H and O–H groups in total. The molecular formula is C26H32N2O4. The molecule has 0 fully saturated rings. The van der Waals surface area contributed by atoms with E-state index in [0.29, 0.717) is 17.9 Å².